The fraction of sp³-hybridized carbons (Fsp3) is 0.857. The monoisotopic (exact) mass is 396 g/mol. The summed E-state index contributed by atoms with van der Waals surface area (Å²) in [7, 11) is 0. The van der Waals surface area contributed by atoms with E-state index in [4.69, 9.17) is 9.47 Å². The largest absolute Gasteiger partial charge is 0.464 e. The molecule has 0 N–H and O–H groups in total. The highest BCUT2D eigenvalue weighted by molar-refractivity contribution is 5.90. The Bertz CT molecular complexity index is 481. The Morgan fingerprint density at radius 3 is 2.00 bits per heavy atom. The maximum atomic E-state index is 13.3. The van der Waals surface area contributed by atoms with Gasteiger partial charge >= 0.3 is 12.1 Å². The third kappa shape index (κ3) is 6.11. The molecule has 0 aliphatic carbocycles. The fourth-order valence-corrected chi connectivity index (χ4v) is 3.84. The van der Waals surface area contributed by atoms with Crippen molar-refractivity contribution in [2.45, 2.75) is 90.1 Å². The topological polar surface area (TPSA) is 76.2 Å². The predicted octanol–water partition coefficient (Wildman–Crippen LogP) is 3.50. The van der Waals surface area contributed by atoms with Gasteiger partial charge in [-0.3, -0.25) is 9.69 Å². The van der Waals surface area contributed by atoms with E-state index < -0.39 is 18.2 Å². The molecule has 2 unspecified atom stereocenters. The molecule has 0 radical (unpaired) electrons. The molecule has 2 aliphatic rings. The number of nitrogens with zero attached hydrogens (tertiary/aromatic N) is 2. The van der Waals surface area contributed by atoms with E-state index in [1.54, 1.807) is 9.80 Å². The van der Waals surface area contributed by atoms with Crippen LogP contribution in [-0.4, -0.2) is 66.2 Å². The van der Waals surface area contributed by atoms with Gasteiger partial charge in [0.2, 0.25) is 5.91 Å². The Morgan fingerprint density at radius 1 is 0.786 bits per heavy atom. The van der Waals surface area contributed by atoms with E-state index in [2.05, 4.69) is 0 Å². The van der Waals surface area contributed by atoms with Crippen LogP contribution in [0.1, 0.15) is 78.1 Å². The van der Waals surface area contributed by atoms with Crippen LogP contribution in [0, 0.1) is 0 Å². The summed E-state index contributed by atoms with van der Waals surface area (Å²) in [5, 5.41) is 0. The fourth-order valence-electron chi connectivity index (χ4n) is 3.84. The molecular weight excluding hydrogens is 360 g/mol. The first-order valence-corrected chi connectivity index (χ1v) is 11.0. The SMILES string of the molecule is CCCCOC(=O)C1CCCCN1C(=O)C1CCCCN1C(=O)OCCCC. The summed E-state index contributed by atoms with van der Waals surface area (Å²) in [4.78, 5) is 41.6. The number of carbonyl (C=O) groups is 3. The normalized spacial score (nSPS) is 22.6. The molecule has 2 saturated heterocycles. The molecule has 28 heavy (non-hydrogen) atoms. The van der Waals surface area contributed by atoms with Crippen LogP contribution in [0.5, 0.6) is 0 Å². The Labute approximate surface area is 168 Å². The smallest absolute Gasteiger partial charge is 0.410 e. The van der Waals surface area contributed by atoms with E-state index in [1.165, 1.54) is 0 Å². The summed E-state index contributed by atoms with van der Waals surface area (Å²) in [6.45, 7) is 5.93. The number of carbonyl (C=O) groups excluding carboxylic acids is 3. The van der Waals surface area contributed by atoms with E-state index in [-0.39, 0.29) is 11.9 Å². The molecule has 2 atom stereocenters. The standard InChI is InChI=1S/C21H36N2O5/c1-3-5-15-27-20(25)18-12-8-9-13-22(18)19(24)17-11-7-10-14-23(17)21(26)28-16-6-4-2/h17-18H,3-16H2,1-2H3. The van der Waals surface area contributed by atoms with Crippen LogP contribution in [-0.2, 0) is 19.1 Å². The lowest BCUT2D eigenvalue weighted by atomic mass is 9.97. The van der Waals surface area contributed by atoms with Crippen molar-refractivity contribution in [1.29, 1.82) is 0 Å². The maximum absolute atomic E-state index is 13.3. The van der Waals surface area contributed by atoms with Crippen molar-refractivity contribution in [3.63, 3.8) is 0 Å². The Hall–Kier alpha value is -1.79. The van der Waals surface area contributed by atoms with Gasteiger partial charge in [-0.1, -0.05) is 26.7 Å². The highest BCUT2D eigenvalue weighted by Crippen LogP contribution is 2.25. The van der Waals surface area contributed by atoms with Gasteiger partial charge in [-0.25, -0.2) is 9.59 Å². The van der Waals surface area contributed by atoms with Crippen molar-refractivity contribution in [3.05, 3.63) is 0 Å². The summed E-state index contributed by atoms with van der Waals surface area (Å²) in [6, 6.07) is -1.06. The summed E-state index contributed by atoms with van der Waals surface area (Å²) in [6.07, 6.45) is 7.93. The lowest BCUT2D eigenvalue weighted by Gasteiger charge is -2.40. The highest BCUT2D eigenvalue weighted by Gasteiger charge is 2.40. The van der Waals surface area contributed by atoms with Gasteiger partial charge in [0.15, 0.2) is 0 Å². The molecule has 7 heteroatoms. The van der Waals surface area contributed by atoms with Crippen LogP contribution in [0.25, 0.3) is 0 Å². The predicted molar refractivity (Wildman–Crippen MR) is 106 cm³/mol. The van der Waals surface area contributed by atoms with Crippen LogP contribution in [0.4, 0.5) is 4.79 Å². The van der Waals surface area contributed by atoms with Gasteiger partial charge in [-0.05, 0) is 51.4 Å². The van der Waals surface area contributed by atoms with Crippen molar-refractivity contribution in [1.82, 2.24) is 9.80 Å². The van der Waals surface area contributed by atoms with Crippen molar-refractivity contribution < 1.29 is 23.9 Å². The van der Waals surface area contributed by atoms with E-state index in [0.29, 0.717) is 39.1 Å². The lowest BCUT2D eigenvalue weighted by Crippen LogP contribution is -2.58. The third-order valence-corrected chi connectivity index (χ3v) is 5.55. The molecule has 2 fully saturated rings. The maximum Gasteiger partial charge on any atom is 0.410 e. The second-order valence-corrected chi connectivity index (χ2v) is 7.74. The van der Waals surface area contributed by atoms with Crippen LogP contribution in [0.15, 0.2) is 0 Å². The molecule has 0 aromatic rings. The van der Waals surface area contributed by atoms with E-state index in [0.717, 1.165) is 51.4 Å². The van der Waals surface area contributed by atoms with Gasteiger partial charge in [-0.2, -0.15) is 0 Å². The van der Waals surface area contributed by atoms with Crippen LogP contribution < -0.4 is 0 Å². The van der Waals surface area contributed by atoms with Crippen molar-refractivity contribution in [2.75, 3.05) is 26.3 Å². The van der Waals surface area contributed by atoms with Crippen LogP contribution in [0.2, 0.25) is 0 Å². The van der Waals surface area contributed by atoms with Gasteiger partial charge in [0, 0.05) is 13.1 Å². The Kier molecular flexibility index (Phi) is 9.58. The minimum Gasteiger partial charge on any atom is -0.464 e. The van der Waals surface area contributed by atoms with E-state index in [1.807, 2.05) is 13.8 Å². The number of esters is 1. The lowest BCUT2D eigenvalue weighted by molar-refractivity contribution is -0.159. The number of piperidine rings is 2. The molecule has 0 aromatic carbocycles. The molecule has 0 bridgehead atoms. The zero-order valence-electron chi connectivity index (χ0n) is 17.5. The number of hydrogen-bond donors (Lipinski definition) is 0. The number of unbranched alkanes of at least 4 members (excludes halogenated alkanes) is 2. The molecule has 160 valence electrons. The van der Waals surface area contributed by atoms with E-state index >= 15 is 0 Å². The highest BCUT2D eigenvalue weighted by atomic mass is 16.6. The number of hydrogen-bond acceptors (Lipinski definition) is 5. The second kappa shape index (κ2) is 11.9. The average molecular weight is 397 g/mol. The first-order chi connectivity index (χ1) is 13.6. The van der Waals surface area contributed by atoms with Crippen molar-refractivity contribution in [3.8, 4) is 0 Å². The van der Waals surface area contributed by atoms with Gasteiger partial charge in [0.25, 0.3) is 0 Å². The molecule has 2 heterocycles. The average Bonchev–Trinajstić information content (AvgIpc) is 2.73. The van der Waals surface area contributed by atoms with E-state index in [9.17, 15) is 14.4 Å². The quantitative estimate of drug-likeness (QED) is 0.464. The molecule has 2 amide bonds. The molecule has 0 spiro atoms. The molecule has 2 aliphatic heterocycles. The molecule has 0 aromatic heterocycles. The Morgan fingerprint density at radius 2 is 1.36 bits per heavy atom. The minimum atomic E-state index is -0.535. The van der Waals surface area contributed by atoms with Gasteiger partial charge in [0.1, 0.15) is 12.1 Å². The summed E-state index contributed by atoms with van der Waals surface area (Å²) >= 11 is 0. The summed E-state index contributed by atoms with van der Waals surface area (Å²) in [5.74, 6) is -0.446. The zero-order chi connectivity index (χ0) is 20.4. The molecule has 2 rings (SSSR count). The third-order valence-electron chi connectivity index (χ3n) is 5.55. The van der Waals surface area contributed by atoms with Gasteiger partial charge < -0.3 is 14.4 Å². The molecule has 7 nitrogen and oxygen atoms in total. The summed E-state index contributed by atoms with van der Waals surface area (Å²) in [5.41, 5.74) is 0. The van der Waals surface area contributed by atoms with Crippen molar-refractivity contribution >= 4 is 18.0 Å². The first-order valence-electron chi connectivity index (χ1n) is 11.0. The van der Waals surface area contributed by atoms with Gasteiger partial charge in [-0.15, -0.1) is 0 Å². The zero-order valence-corrected chi connectivity index (χ0v) is 17.5. The Balaban J connectivity index is 2.04. The first kappa shape index (κ1) is 22.5. The van der Waals surface area contributed by atoms with Gasteiger partial charge in [0.05, 0.1) is 13.2 Å². The van der Waals surface area contributed by atoms with Crippen molar-refractivity contribution in [2.24, 2.45) is 0 Å². The molecular formula is C21H36N2O5. The second-order valence-electron chi connectivity index (χ2n) is 7.74. The molecule has 0 saturated carbocycles. The minimum absolute atomic E-state index is 0.135. The number of rotatable bonds is 8. The number of likely N-dealkylation sites (tertiary alicyclic amines) is 2. The van der Waals surface area contributed by atoms with Crippen LogP contribution in [0.3, 0.4) is 0 Å². The van der Waals surface area contributed by atoms with Crippen LogP contribution >= 0.6 is 0 Å². The number of ether oxygens (including phenoxy) is 2. The number of amides is 2. The summed E-state index contributed by atoms with van der Waals surface area (Å²) < 4.78 is 10.7.